The van der Waals surface area contributed by atoms with Crippen molar-refractivity contribution in [2.45, 2.75) is 11.4 Å². The molecule has 9 heavy (non-hydrogen) atoms. The molecule has 7 N–H and O–H groups in total. The van der Waals surface area contributed by atoms with Gasteiger partial charge in [-0.05, 0) is 0 Å². The van der Waals surface area contributed by atoms with Crippen LogP contribution in [0.4, 0.5) is 0 Å². The van der Waals surface area contributed by atoms with Gasteiger partial charge in [0.1, 0.15) is 0 Å². The topological polar surface area (TPSA) is 132 Å². The van der Waals surface area contributed by atoms with Crippen LogP contribution in [0.3, 0.4) is 0 Å². The van der Waals surface area contributed by atoms with Gasteiger partial charge < -0.3 is 16.4 Å². The third-order valence-corrected chi connectivity index (χ3v) is 0. The van der Waals surface area contributed by atoms with Gasteiger partial charge in [-0.25, -0.2) is 0 Å². The van der Waals surface area contributed by atoms with Crippen LogP contribution in [-0.2, 0) is 3.74 Å². The Labute approximate surface area is 78.7 Å². The smallest absolute Gasteiger partial charge is 0.412 e. The van der Waals surface area contributed by atoms with Crippen LogP contribution in [0, 0.1) is 0 Å². The zero-order valence-electron chi connectivity index (χ0n) is 5.80. The Morgan fingerprint density at radius 1 is 1.11 bits per heavy atom. The van der Waals surface area contributed by atoms with Crippen molar-refractivity contribution in [1.29, 1.82) is 0 Å². The molecule has 0 unspecified atom stereocenters. The molecule has 0 aromatic rings. The maximum absolute atomic E-state index is 9.83. The van der Waals surface area contributed by atoms with E-state index in [1.165, 1.54) is 11.4 Å². The van der Waals surface area contributed by atoms with Crippen LogP contribution in [0.2, 0.25) is 11.4 Å². The van der Waals surface area contributed by atoms with Gasteiger partial charge in [-0.15, -0.1) is 0 Å². The average Bonchev–Trinajstić information content (AvgIpc) is 0.722. The molecule has 0 atom stereocenters. The van der Waals surface area contributed by atoms with E-state index in [0.717, 1.165) is 0 Å². The molecule has 0 bridgehead atoms. The molecule has 0 radical (unpaired) electrons. The summed E-state index contributed by atoms with van der Waals surface area (Å²) in [6, 6.07) is 0. The minimum Gasteiger partial charge on any atom is -0.412 e. The van der Waals surface area contributed by atoms with Crippen LogP contribution in [0.5, 0.6) is 0 Å². The van der Waals surface area contributed by atoms with Gasteiger partial charge in [0.15, 0.2) is 0 Å². The quantitative estimate of drug-likeness (QED) is 0.404. The van der Waals surface area contributed by atoms with Crippen molar-refractivity contribution in [2.75, 3.05) is 0 Å². The molecule has 0 aromatic carbocycles. The van der Waals surface area contributed by atoms with E-state index in [1.54, 1.807) is 0 Å². The molecule has 0 aliphatic rings. The molecule has 0 aliphatic carbocycles. The molecule has 0 saturated heterocycles. The monoisotopic (exact) mass is 215 g/mol. The van der Waals surface area contributed by atoms with Gasteiger partial charge >= 0.3 is 62.6 Å². The van der Waals surface area contributed by atoms with Crippen molar-refractivity contribution in [1.82, 2.24) is 0 Å². The van der Waals surface area contributed by atoms with Crippen molar-refractivity contribution in [3.63, 3.8) is 0 Å². The Bertz CT molecular complexity index is 61.1. The summed E-state index contributed by atoms with van der Waals surface area (Å²) in [5.41, 5.74) is 2.72. The van der Waals surface area contributed by atoms with Crippen molar-refractivity contribution in [3.05, 3.63) is 0 Å². The molecule has 5 nitrogen and oxygen atoms in total. The van der Waals surface area contributed by atoms with E-state index in [0.29, 0.717) is 0 Å². The van der Waals surface area contributed by atoms with Crippen molar-refractivity contribution in [2.24, 2.45) is 0 Å². The second kappa shape index (κ2) is 11.9. The summed E-state index contributed by atoms with van der Waals surface area (Å²) in [6.45, 7) is 0. The van der Waals surface area contributed by atoms with Gasteiger partial charge in [0.25, 0.3) is 0 Å². The first-order valence-electron chi connectivity index (χ1n) is 1.28. The molecule has 56 valence electrons. The van der Waals surface area contributed by atoms with Crippen LogP contribution in [0.25, 0.3) is 0 Å². The summed E-state index contributed by atoms with van der Waals surface area (Å²) in [7, 11) is 0. The second-order valence-electron chi connectivity index (χ2n) is 1.29. The molecule has 0 fully saturated rings. The van der Waals surface area contributed by atoms with Crippen LogP contribution in [-0.4, -0.2) is 34.4 Å². The predicted octanol–water partition coefficient (Wildman–Crippen LogP) is -5.36. The summed E-state index contributed by atoms with van der Waals surface area (Å²) in [5, 5.41) is 0. The van der Waals surface area contributed by atoms with E-state index >= 15 is 0 Å². The Balaban J connectivity index is -0.0000000133. The zero-order chi connectivity index (χ0) is 4.50. The summed E-state index contributed by atoms with van der Waals surface area (Å²) >= 11 is -3.12. The first-order valence-corrected chi connectivity index (χ1v) is 6.64. The molecule has 0 aliphatic heterocycles. The van der Waals surface area contributed by atoms with Crippen molar-refractivity contribution in [3.8, 4) is 0 Å². The normalized spacial score (nSPS) is 6.56. The average molecular weight is 215 g/mol. The molecule has 0 heterocycles. The van der Waals surface area contributed by atoms with Crippen molar-refractivity contribution < 1.29 is 53.8 Å². The van der Waals surface area contributed by atoms with E-state index in [1.807, 2.05) is 0 Å². The minimum absolute atomic E-state index is 0. The summed E-state index contributed by atoms with van der Waals surface area (Å²) in [4.78, 5) is 0. The molecular weight excluding hydrogens is 202 g/mol. The van der Waals surface area contributed by atoms with E-state index in [2.05, 4.69) is 0 Å². The van der Waals surface area contributed by atoms with E-state index < -0.39 is 13.8 Å². The zero-order valence-corrected chi connectivity index (χ0v) is 9.68. The SMILES string of the molecule is C[As](C)(=O)O.O.O.O.[Na+]. The summed E-state index contributed by atoms with van der Waals surface area (Å²) < 4.78 is 18.0. The molecule has 0 amide bonds. The number of hydrogen-bond donors (Lipinski definition) is 1. The fourth-order valence-corrected chi connectivity index (χ4v) is 0. The Hall–Kier alpha value is 1.20. The molecular formula is C2H13AsNaO5+. The number of hydrogen-bond acceptors (Lipinski definition) is 1. The van der Waals surface area contributed by atoms with Crippen molar-refractivity contribution >= 4 is 13.8 Å². The molecule has 0 aromatic heterocycles. The third kappa shape index (κ3) is 332. The third-order valence-electron chi connectivity index (χ3n) is 0. The van der Waals surface area contributed by atoms with E-state index in [-0.39, 0.29) is 46.0 Å². The molecule has 0 spiro atoms. The van der Waals surface area contributed by atoms with E-state index in [9.17, 15) is 3.74 Å². The number of rotatable bonds is 0. The van der Waals surface area contributed by atoms with Gasteiger partial charge in [-0.2, -0.15) is 0 Å². The van der Waals surface area contributed by atoms with Gasteiger partial charge in [0.2, 0.25) is 0 Å². The standard InChI is InChI=1S/C2H7AsO2.Na.3H2O/c1-3(2,4)5;;;;/h1-2H3,(H,4,5);;3*1H2/q;+1;;;. The van der Waals surface area contributed by atoms with Crippen LogP contribution < -0.4 is 29.6 Å². The first kappa shape index (κ1) is 31.9. The van der Waals surface area contributed by atoms with E-state index in [4.69, 9.17) is 4.10 Å². The van der Waals surface area contributed by atoms with Crippen LogP contribution in [0.1, 0.15) is 0 Å². The largest absolute Gasteiger partial charge is 1.00 e. The molecule has 7 heteroatoms. The maximum Gasteiger partial charge on any atom is 1.00 e. The fraction of sp³-hybridized carbons (Fsp3) is 1.00. The summed E-state index contributed by atoms with van der Waals surface area (Å²) in [5.74, 6) is 0. The maximum atomic E-state index is 9.83. The van der Waals surface area contributed by atoms with Gasteiger partial charge in [0, 0.05) is 0 Å². The molecule has 0 saturated carbocycles. The van der Waals surface area contributed by atoms with Gasteiger partial charge in [0.05, 0.1) is 0 Å². The Kier molecular flexibility index (Phi) is 42.3. The second-order valence-corrected chi connectivity index (χ2v) is 6.72. The van der Waals surface area contributed by atoms with Crippen LogP contribution in [0.15, 0.2) is 0 Å². The first-order chi connectivity index (χ1) is 2.00. The Morgan fingerprint density at radius 3 is 1.11 bits per heavy atom. The Morgan fingerprint density at radius 2 is 1.11 bits per heavy atom. The minimum atomic E-state index is -3.12. The fourth-order valence-electron chi connectivity index (χ4n) is 0. The molecule has 0 rings (SSSR count). The predicted molar refractivity (Wildman–Crippen MR) is 31.2 cm³/mol. The summed E-state index contributed by atoms with van der Waals surface area (Å²) in [6.07, 6.45) is 0. The van der Waals surface area contributed by atoms with Gasteiger partial charge in [-0.1, -0.05) is 0 Å². The van der Waals surface area contributed by atoms with Gasteiger partial charge in [-0.3, -0.25) is 0 Å². The van der Waals surface area contributed by atoms with Crippen LogP contribution >= 0.6 is 0 Å².